The van der Waals surface area contributed by atoms with Gasteiger partial charge < -0.3 is 10.1 Å². The first-order valence-electron chi connectivity index (χ1n) is 6.62. The molecule has 0 bridgehead atoms. The second kappa shape index (κ2) is 7.30. The highest BCUT2D eigenvalue weighted by molar-refractivity contribution is 5.85. The number of hydrogen-bond acceptors (Lipinski definition) is 3. The Bertz CT molecular complexity index is 265. The quantitative estimate of drug-likeness (QED) is 0.402. The maximum absolute atomic E-state index is 11.5. The topological polar surface area (TPSA) is 55.4 Å². The zero-order valence-corrected chi connectivity index (χ0v) is 10.8. The van der Waals surface area contributed by atoms with Crippen LogP contribution in [0.2, 0.25) is 0 Å². The molecule has 1 saturated heterocycles. The first-order valence-corrected chi connectivity index (χ1v) is 6.62. The molecule has 17 heavy (non-hydrogen) atoms. The largest absolute Gasteiger partial charge is 0.462 e. The number of unbranched alkanes of at least 4 members (excludes halogenated alkanes) is 4. The second-order valence-corrected chi connectivity index (χ2v) is 4.71. The molecule has 98 valence electrons. The predicted molar refractivity (Wildman–Crippen MR) is 65.4 cm³/mol. The molecule has 0 radical (unpaired) electrons. The molecule has 1 aliphatic rings. The number of hydrogen-bond donors (Lipinski definition) is 1. The summed E-state index contributed by atoms with van der Waals surface area (Å²) in [5, 5.41) is 2.65. The van der Waals surface area contributed by atoms with Crippen molar-refractivity contribution in [2.45, 2.75) is 58.5 Å². The number of nitrogens with one attached hydrogen (secondary N) is 1. The van der Waals surface area contributed by atoms with E-state index in [0.717, 1.165) is 12.8 Å². The Hall–Kier alpha value is -1.06. The summed E-state index contributed by atoms with van der Waals surface area (Å²) >= 11 is 0. The van der Waals surface area contributed by atoms with Gasteiger partial charge in [-0.25, -0.2) is 0 Å². The summed E-state index contributed by atoms with van der Waals surface area (Å²) in [7, 11) is 0. The van der Waals surface area contributed by atoms with E-state index in [-0.39, 0.29) is 23.9 Å². The van der Waals surface area contributed by atoms with E-state index < -0.39 is 0 Å². The van der Waals surface area contributed by atoms with Crippen LogP contribution in [0.1, 0.15) is 52.4 Å². The van der Waals surface area contributed by atoms with Crippen molar-refractivity contribution in [3.8, 4) is 0 Å². The molecule has 1 fully saturated rings. The summed E-state index contributed by atoms with van der Waals surface area (Å²) in [6, 6.07) is 0. The van der Waals surface area contributed by atoms with E-state index in [1.807, 2.05) is 0 Å². The van der Waals surface area contributed by atoms with Crippen LogP contribution in [0.15, 0.2) is 0 Å². The van der Waals surface area contributed by atoms with Crippen molar-refractivity contribution in [3.63, 3.8) is 0 Å². The Kier molecular flexibility index (Phi) is 6.01. The Balaban J connectivity index is 2.06. The molecule has 2 atom stereocenters. The van der Waals surface area contributed by atoms with E-state index in [0.29, 0.717) is 13.0 Å². The fourth-order valence-electron chi connectivity index (χ4n) is 1.90. The van der Waals surface area contributed by atoms with Gasteiger partial charge in [0, 0.05) is 13.0 Å². The summed E-state index contributed by atoms with van der Waals surface area (Å²) in [5.41, 5.74) is 0. The predicted octanol–water partition coefficient (Wildman–Crippen LogP) is 2.02. The van der Waals surface area contributed by atoms with Crippen molar-refractivity contribution in [1.82, 2.24) is 5.32 Å². The van der Waals surface area contributed by atoms with Crippen molar-refractivity contribution in [2.24, 2.45) is 5.92 Å². The molecule has 0 aliphatic carbocycles. The Morgan fingerprint density at radius 2 is 2.12 bits per heavy atom. The molecular weight excluding hydrogens is 218 g/mol. The second-order valence-electron chi connectivity index (χ2n) is 4.71. The van der Waals surface area contributed by atoms with E-state index in [9.17, 15) is 9.59 Å². The molecule has 0 aromatic heterocycles. The van der Waals surface area contributed by atoms with Crippen molar-refractivity contribution >= 4 is 11.9 Å². The number of ether oxygens (including phenoxy) is 1. The number of amides is 1. The van der Waals surface area contributed by atoms with Gasteiger partial charge in [0.15, 0.2) is 0 Å². The zero-order valence-electron chi connectivity index (χ0n) is 10.8. The van der Waals surface area contributed by atoms with Crippen LogP contribution in [0, 0.1) is 5.92 Å². The highest BCUT2D eigenvalue weighted by Gasteiger charge is 2.34. The third-order valence-electron chi connectivity index (χ3n) is 3.20. The lowest BCUT2D eigenvalue weighted by molar-refractivity contribution is -0.155. The van der Waals surface area contributed by atoms with Gasteiger partial charge >= 0.3 is 5.97 Å². The number of rotatable bonds is 8. The van der Waals surface area contributed by atoms with Crippen molar-refractivity contribution < 1.29 is 14.3 Å². The molecule has 0 spiro atoms. The van der Waals surface area contributed by atoms with Gasteiger partial charge in [0.25, 0.3) is 0 Å². The van der Waals surface area contributed by atoms with E-state index in [2.05, 4.69) is 12.2 Å². The van der Waals surface area contributed by atoms with Gasteiger partial charge in [0.2, 0.25) is 5.91 Å². The lowest BCUT2D eigenvalue weighted by Crippen LogP contribution is -2.54. The summed E-state index contributed by atoms with van der Waals surface area (Å²) in [5.74, 6) is -0.319. The van der Waals surface area contributed by atoms with Crippen LogP contribution in [0.5, 0.6) is 0 Å². The third-order valence-corrected chi connectivity index (χ3v) is 3.20. The molecule has 0 saturated carbocycles. The molecule has 4 heteroatoms. The van der Waals surface area contributed by atoms with E-state index in [1.54, 1.807) is 6.92 Å². The lowest BCUT2D eigenvalue weighted by Gasteiger charge is -2.30. The van der Waals surface area contributed by atoms with Crippen LogP contribution in [0.25, 0.3) is 0 Å². The van der Waals surface area contributed by atoms with Crippen LogP contribution in [-0.2, 0) is 14.3 Å². The summed E-state index contributed by atoms with van der Waals surface area (Å²) in [4.78, 5) is 22.6. The Labute approximate surface area is 103 Å². The van der Waals surface area contributed by atoms with Gasteiger partial charge in [-0.3, -0.25) is 9.59 Å². The maximum atomic E-state index is 11.5. The van der Waals surface area contributed by atoms with Gasteiger partial charge in [0.05, 0.1) is 5.92 Å². The van der Waals surface area contributed by atoms with Crippen molar-refractivity contribution in [1.29, 1.82) is 0 Å². The molecule has 4 nitrogen and oxygen atoms in total. The molecule has 0 unspecified atom stereocenters. The average molecular weight is 241 g/mol. The fraction of sp³-hybridized carbons (Fsp3) is 0.846. The van der Waals surface area contributed by atoms with Gasteiger partial charge in [-0.05, 0) is 13.3 Å². The van der Waals surface area contributed by atoms with Crippen LogP contribution in [-0.4, -0.2) is 24.5 Å². The smallest absolute Gasteiger partial charge is 0.306 e. The molecule has 1 aliphatic heterocycles. The van der Waals surface area contributed by atoms with E-state index >= 15 is 0 Å². The molecule has 0 aromatic carbocycles. The average Bonchev–Trinajstić information content (AvgIpc) is 2.26. The highest BCUT2D eigenvalue weighted by Crippen LogP contribution is 2.15. The van der Waals surface area contributed by atoms with Gasteiger partial charge in [-0.15, -0.1) is 0 Å². The van der Waals surface area contributed by atoms with Crippen LogP contribution < -0.4 is 5.32 Å². The number of esters is 1. The van der Waals surface area contributed by atoms with Crippen LogP contribution in [0.4, 0.5) is 0 Å². The standard InChI is InChI=1S/C13H23NO3/c1-3-4-5-6-7-8-12(15)17-10(2)11-9-14-13(11)16/h10-11H,3-9H2,1-2H3,(H,14,16)/t10-,11+/m1/s1. The number of carbonyl (C=O) groups excluding carboxylic acids is 2. The zero-order chi connectivity index (χ0) is 12.7. The Morgan fingerprint density at radius 1 is 1.41 bits per heavy atom. The highest BCUT2D eigenvalue weighted by atomic mass is 16.5. The third kappa shape index (κ3) is 4.75. The monoisotopic (exact) mass is 241 g/mol. The molecule has 1 N–H and O–H groups in total. The van der Waals surface area contributed by atoms with Gasteiger partial charge in [0.1, 0.15) is 6.10 Å². The Morgan fingerprint density at radius 3 is 2.65 bits per heavy atom. The molecular formula is C13H23NO3. The van der Waals surface area contributed by atoms with E-state index in [1.165, 1.54) is 19.3 Å². The minimum absolute atomic E-state index is 0.00625. The first-order chi connectivity index (χ1) is 8.15. The van der Waals surface area contributed by atoms with Crippen LogP contribution in [0.3, 0.4) is 0 Å². The van der Waals surface area contributed by atoms with Gasteiger partial charge in [-0.2, -0.15) is 0 Å². The van der Waals surface area contributed by atoms with Gasteiger partial charge in [-0.1, -0.05) is 32.6 Å². The number of carbonyl (C=O) groups is 2. The summed E-state index contributed by atoms with van der Waals surface area (Å²) in [6.07, 6.45) is 5.79. The maximum Gasteiger partial charge on any atom is 0.306 e. The molecule has 1 rings (SSSR count). The normalized spacial score (nSPS) is 20.4. The molecule has 0 aromatic rings. The SMILES string of the molecule is CCCCCCCC(=O)O[C@H](C)[C@@H]1CNC1=O. The first kappa shape index (κ1) is 14.0. The van der Waals surface area contributed by atoms with E-state index in [4.69, 9.17) is 4.74 Å². The van der Waals surface area contributed by atoms with Crippen LogP contribution >= 0.6 is 0 Å². The van der Waals surface area contributed by atoms with Crippen molar-refractivity contribution in [2.75, 3.05) is 6.54 Å². The fourth-order valence-corrected chi connectivity index (χ4v) is 1.90. The van der Waals surface area contributed by atoms with Crippen molar-refractivity contribution in [3.05, 3.63) is 0 Å². The summed E-state index contributed by atoms with van der Waals surface area (Å²) in [6.45, 7) is 4.59. The molecule has 1 heterocycles. The lowest BCUT2D eigenvalue weighted by atomic mass is 9.96. The molecule has 1 amide bonds. The summed E-state index contributed by atoms with van der Waals surface area (Å²) < 4.78 is 5.23. The number of β-lactam (4-membered cyclic amide) rings is 1. The minimum atomic E-state index is -0.285. The minimum Gasteiger partial charge on any atom is -0.462 e.